The van der Waals surface area contributed by atoms with Crippen molar-refractivity contribution in [2.24, 2.45) is 0 Å². The van der Waals surface area contributed by atoms with Gasteiger partial charge in [0, 0.05) is 24.2 Å². The van der Waals surface area contributed by atoms with E-state index in [1.165, 1.54) is 17.2 Å². The summed E-state index contributed by atoms with van der Waals surface area (Å²) < 4.78 is 43.6. The number of hydrogen-bond acceptors (Lipinski definition) is 5. The quantitative estimate of drug-likeness (QED) is 0.664. The number of halogens is 3. The van der Waals surface area contributed by atoms with Gasteiger partial charge in [0.1, 0.15) is 23.1 Å². The molecule has 11 heteroatoms. The van der Waals surface area contributed by atoms with E-state index in [1.807, 2.05) is 0 Å². The number of aromatic nitrogens is 3. The van der Waals surface area contributed by atoms with Crippen LogP contribution in [0.15, 0.2) is 30.5 Å². The number of nitrogens with zero attached hydrogens (tertiary/aromatic N) is 4. The van der Waals surface area contributed by atoms with Crippen LogP contribution < -0.4 is 15.5 Å². The van der Waals surface area contributed by atoms with Gasteiger partial charge < -0.3 is 15.5 Å². The van der Waals surface area contributed by atoms with E-state index in [9.17, 15) is 22.8 Å². The number of benzene rings is 1. The lowest BCUT2D eigenvalue weighted by Gasteiger charge is -2.25. The van der Waals surface area contributed by atoms with Gasteiger partial charge in [0.2, 0.25) is 0 Å². The molecule has 2 aliphatic rings. The molecule has 1 saturated carbocycles. The predicted molar refractivity (Wildman–Crippen MR) is 104 cm³/mol. The van der Waals surface area contributed by atoms with Crippen molar-refractivity contribution in [2.45, 2.75) is 31.3 Å². The second-order valence-electron chi connectivity index (χ2n) is 7.64. The van der Waals surface area contributed by atoms with Gasteiger partial charge in [-0.05, 0) is 37.1 Å². The Kier molecular flexibility index (Phi) is 4.53. The number of nitrogens with one attached hydrogen (secondary N) is 2. The number of amides is 2. The summed E-state index contributed by atoms with van der Waals surface area (Å²) in [5.41, 5.74) is -0.146. The van der Waals surface area contributed by atoms with Crippen molar-refractivity contribution in [2.75, 3.05) is 16.8 Å². The highest BCUT2D eigenvalue weighted by Crippen LogP contribution is 2.36. The molecule has 1 aliphatic carbocycles. The first-order valence-corrected chi connectivity index (χ1v) is 9.75. The molecular weight excluding hydrogens is 413 g/mol. The van der Waals surface area contributed by atoms with Crippen LogP contribution in [0.2, 0.25) is 0 Å². The lowest BCUT2D eigenvalue weighted by atomic mass is 10.0. The van der Waals surface area contributed by atoms with E-state index in [0.29, 0.717) is 0 Å². The third kappa shape index (κ3) is 3.66. The number of carbonyl (C=O) groups excluding carboxylic acids is 2. The summed E-state index contributed by atoms with van der Waals surface area (Å²) in [6.07, 6.45) is 3.14. The largest absolute Gasteiger partial charge is 0.342 e. The van der Waals surface area contributed by atoms with E-state index in [0.717, 1.165) is 35.6 Å². The zero-order valence-electron chi connectivity index (χ0n) is 16.1. The zero-order chi connectivity index (χ0) is 21.7. The van der Waals surface area contributed by atoms with Gasteiger partial charge in [0.25, 0.3) is 5.95 Å². The van der Waals surface area contributed by atoms with Crippen molar-refractivity contribution in [3.63, 3.8) is 0 Å². The fourth-order valence-corrected chi connectivity index (χ4v) is 3.70. The van der Waals surface area contributed by atoms with Crippen LogP contribution in [0.5, 0.6) is 0 Å². The average Bonchev–Trinajstić information content (AvgIpc) is 3.38. The Morgan fingerprint density at radius 2 is 1.97 bits per heavy atom. The van der Waals surface area contributed by atoms with E-state index in [4.69, 9.17) is 0 Å². The minimum atomic E-state index is -0.916. The summed E-state index contributed by atoms with van der Waals surface area (Å²) in [5, 5.41) is 8.81. The monoisotopic (exact) mass is 430 g/mol. The maximum atomic E-state index is 14.4. The van der Waals surface area contributed by atoms with Crippen LogP contribution in [0.3, 0.4) is 0 Å². The number of anilines is 2. The van der Waals surface area contributed by atoms with Crippen molar-refractivity contribution < 1.29 is 22.8 Å². The highest BCUT2D eigenvalue weighted by molar-refractivity contribution is 5.94. The van der Waals surface area contributed by atoms with E-state index in [2.05, 4.69) is 20.7 Å². The Labute approximate surface area is 174 Å². The Morgan fingerprint density at radius 1 is 1.16 bits per heavy atom. The number of carbonyl (C=O) groups is 2. The molecule has 1 aromatic carbocycles. The van der Waals surface area contributed by atoms with Crippen LogP contribution in [-0.2, 0) is 4.79 Å². The van der Waals surface area contributed by atoms with E-state index in [1.54, 1.807) is 0 Å². The maximum absolute atomic E-state index is 14.4. The summed E-state index contributed by atoms with van der Waals surface area (Å²) in [7, 11) is 0. The van der Waals surface area contributed by atoms with Crippen LogP contribution in [0.25, 0.3) is 5.65 Å². The third-order valence-electron chi connectivity index (χ3n) is 5.33. The summed E-state index contributed by atoms with van der Waals surface area (Å²) >= 11 is 0. The van der Waals surface area contributed by atoms with Gasteiger partial charge in [0.05, 0.1) is 12.6 Å². The van der Waals surface area contributed by atoms with Gasteiger partial charge >= 0.3 is 6.03 Å². The number of urea groups is 1. The van der Waals surface area contributed by atoms with Gasteiger partial charge in [-0.25, -0.2) is 23.1 Å². The molecule has 1 atom stereocenters. The molecule has 1 unspecified atom stereocenters. The van der Waals surface area contributed by atoms with Crippen molar-refractivity contribution in [3.05, 3.63) is 53.6 Å². The minimum Gasteiger partial charge on any atom is -0.342 e. The molecule has 2 aromatic heterocycles. The lowest BCUT2D eigenvalue weighted by molar-refractivity contribution is -0.116. The van der Waals surface area contributed by atoms with Gasteiger partial charge in [-0.3, -0.25) is 4.79 Å². The van der Waals surface area contributed by atoms with Crippen LogP contribution in [0.4, 0.5) is 29.5 Å². The average molecular weight is 430 g/mol. The molecule has 3 aromatic rings. The first-order chi connectivity index (χ1) is 14.9. The first-order valence-electron chi connectivity index (χ1n) is 9.75. The highest BCUT2D eigenvalue weighted by Gasteiger charge is 2.35. The fraction of sp³-hybridized carbons (Fsp3) is 0.300. The van der Waals surface area contributed by atoms with Gasteiger partial charge in [-0.15, -0.1) is 5.10 Å². The summed E-state index contributed by atoms with van der Waals surface area (Å²) in [5.74, 6) is -2.10. The van der Waals surface area contributed by atoms with Crippen molar-refractivity contribution in [1.29, 1.82) is 0 Å². The SMILES string of the molecule is O=C1CC(c2cc(F)ccc2F)N(c2ccn3nc(F)c(NC(=O)NC4CC4)c3n2)C1. The normalized spacial score (nSPS) is 18.6. The molecule has 8 nitrogen and oxygen atoms in total. The van der Waals surface area contributed by atoms with Crippen molar-refractivity contribution in [1.82, 2.24) is 19.9 Å². The molecule has 1 saturated heterocycles. The summed E-state index contributed by atoms with van der Waals surface area (Å²) in [6.45, 7) is -0.0641. The van der Waals surface area contributed by atoms with E-state index >= 15 is 0 Å². The predicted octanol–water partition coefficient (Wildman–Crippen LogP) is 2.95. The maximum Gasteiger partial charge on any atom is 0.319 e. The highest BCUT2D eigenvalue weighted by atomic mass is 19.1. The second-order valence-corrected chi connectivity index (χ2v) is 7.64. The Balaban J connectivity index is 1.51. The molecule has 31 heavy (non-hydrogen) atoms. The molecular formula is C20H17F3N6O2. The summed E-state index contributed by atoms with van der Waals surface area (Å²) in [4.78, 5) is 30.1. The van der Waals surface area contributed by atoms with Crippen LogP contribution in [0.1, 0.15) is 30.9 Å². The van der Waals surface area contributed by atoms with Gasteiger partial charge in [0.15, 0.2) is 11.4 Å². The Hall–Kier alpha value is -3.63. The standard InChI is InChI=1S/C20H17F3N6O2/c21-10-1-4-14(22)13(7-10)15-8-12(30)9-28(15)16-5-6-29-19(25-16)17(18(23)27-29)26-20(31)24-11-2-3-11/h1,4-7,11,15H,2-3,8-9H2,(H2,24,26,31). The molecule has 3 heterocycles. The molecule has 2 amide bonds. The lowest BCUT2D eigenvalue weighted by Crippen LogP contribution is -2.30. The molecule has 1 aliphatic heterocycles. The number of ketones is 1. The Morgan fingerprint density at radius 3 is 2.74 bits per heavy atom. The molecule has 2 N–H and O–H groups in total. The van der Waals surface area contributed by atoms with Gasteiger partial charge in [-0.1, -0.05) is 0 Å². The van der Waals surface area contributed by atoms with E-state index < -0.39 is 29.7 Å². The van der Waals surface area contributed by atoms with Crippen LogP contribution >= 0.6 is 0 Å². The Bertz CT molecular complexity index is 1210. The number of fused-ring (bicyclic) bond motifs is 1. The van der Waals surface area contributed by atoms with Gasteiger partial charge in [-0.2, -0.15) is 4.39 Å². The number of rotatable bonds is 4. The topological polar surface area (TPSA) is 91.6 Å². The second kappa shape index (κ2) is 7.25. The van der Waals surface area contributed by atoms with Crippen LogP contribution in [0, 0.1) is 17.6 Å². The minimum absolute atomic E-state index is 0.0181. The van der Waals surface area contributed by atoms with E-state index in [-0.39, 0.29) is 47.5 Å². The molecule has 0 radical (unpaired) electrons. The van der Waals surface area contributed by atoms with Crippen molar-refractivity contribution in [3.8, 4) is 0 Å². The molecule has 0 spiro atoms. The molecule has 160 valence electrons. The first kappa shape index (κ1) is 19.3. The summed E-state index contributed by atoms with van der Waals surface area (Å²) in [6, 6.07) is 3.30. The smallest absolute Gasteiger partial charge is 0.319 e. The van der Waals surface area contributed by atoms with Crippen LogP contribution in [-0.4, -0.2) is 39.0 Å². The van der Waals surface area contributed by atoms with Crippen molar-refractivity contribution >= 4 is 29.0 Å². The number of hydrogen-bond donors (Lipinski definition) is 2. The zero-order valence-corrected chi connectivity index (χ0v) is 16.1. The molecule has 5 rings (SSSR count). The molecule has 2 fully saturated rings. The third-order valence-corrected chi connectivity index (χ3v) is 5.33. The fourth-order valence-electron chi connectivity index (χ4n) is 3.70. The number of Topliss-reactive ketones (excluding diaryl/α,β-unsaturated/α-hetero) is 1. The molecule has 0 bridgehead atoms.